The van der Waals surface area contributed by atoms with Crippen LogP contribution in [0.4, 0.5) is 4.79 Å². The zero-order chi connectivity index (χ0) is 34.9. The van der Waals surface area contributed by atoms with E-state index in [-0.39, 0.29) is 43.3 Å². The summed E-state index contributed by atoms with van der Waals surface area (Å²) in [6.07, 6.45) is 1.62. The van der Waals surface area contributed by atoms with Crippen molar-refractivity contribution in [2.75, 3.05) is 18.8 Å². The molecule has 4 heterocycles. The Bertz CT molecular complexity index is 1790. The molecule has 2 unspecified atom stereocenters. The van der Waals surface area contributed by atoms with Gasteiger partial charge >= 0.3 is 6.03 Å². The number of carbonyl (C=O) groups excluding carboxylic acids is 5. The van der Waals surface area contributed by atoms with Crippen molar-refractivity contribution >= 4 is 52.6 Å². The second-order valence-electron chi connectivity index (χ2n) is 11.9. The lowest BCUT2D eigenvalue weighted by Crippen LogP contribution is -2.64. The van der Waals surface area contributed by atoms with Crippen molar-refractivity contribution < 1.29 is 24.0 Å². The number of aromatic nitrogens is 4. The van der Waals surface area contributed by atoms with Gasteiger partial charge in [0, 0.05) is 30.8 Å². The second kappa shape index (κ2) is 16.5. The van der Waals surface area contributed by atoms with Gasteiger partial charge < -0.3 is 16.0 Å². The number of urea groups is 1. The van der Waals surface area contributed by atoms with Gasteiger partial charge in [-0.15, -0.1) is 16.4 Å². The van der Waals surface area contributed by atoms with Crippen LogP contribution in [-0.2, 0) is 25.6 Å². The van der Waals surface area contributed by atoms with Crippen LogP contribution in [0.3, 0.4) is 0 Å². The number of carbonyl (C=O) groups is 5. The second-order valence-corrected chi connectivity index (χ2v) is 13.9. The van der Waals surface area contributed by atoms with E-state index in [0.717, 1.165) is 16.1 Å². The first-order valence-corrected chi connectivity index (χ1v) is 18.3. The van der Waals surface area contributed by atoms with Crippen LogP contribution in [-0.4, -0.2) is 90.7 Å². The lowest BCUT2D eigenvalue weighted by Gasteiger charge is -2.43. The van der Waals surface area contributed by atoms with Gasteiger partial charge in [0.1, 0.15) is 17.9 Å². The van der Waals surface area contributed by atoms with Crippen LogP contribution in [0.1, 0.15) is 48.6 Å². The molecule has 3 atom stereocenters. The highest BCUT2D eigenvalue weighted by molar-refractivity contribution is 7.99. The largest absolute Gasteiger partial charge is 0.347 e. The summed E-state index contributed by atoms with van der Waals surface area (Å²) in [5.41, 5.74) is 1.48. The van der Waals surface area contributed by atoms with E-state index in [1.165, 1.54) is 21.8 Å². The van der Waals surface area contributed by atoms with Gasteiger partial charge in [-0.2, -0.15) is 4.68 Å². The molecule has 5 amide bonds. The van der Waals surface area contributed by atoms with Gasteiger partial charge in [0.25, 0.3) is 5.91 Å². The summed E-state index contributed by atoms with van der Waals surface area (Å²) in [6.45, 7) is 0.670. The molecule has 6 rings (SSSR count). The first-order chi connectivity index (χ1) is 24.4. The maximum absolute atomic E-state index is 14.0. The smallest absolute Gasteiger partial charge is 0.315 e. The minimum absolute atomic E-state index is 0.0191. The summed E-state index contributed by atoms with van der Waals surface area (Å²) in [7, 11) is 0. The van der Waals surface area contributed by atoms with Crippen LogP contribution in [0.15, 0.2) is 83.3 Å². The molecule has 0 saturated carbocycles. The molecule has 2 aromatic heterocycles. The normalized spacial score (nSPS) is 18.2. The number of para-hydroxylation sites is 1. The average Bonchev–Trinajstić information content (AvgIpc) is 3.83. The van der Waals surface area contributed by atoms with E-state index in [1.54, 1.807) is 16.0 Å². The molecular formula is C34H37N9O5S2. The number of rotatable bonds is 13. The Labute approximate surface area is 296 Å². The van der Waals surface area contributed by atoms with E-state index in [9.17, 15) is 24.0 Å². The topological polar surface area (TPSA) is 172 Å². The molecule has 2 aromatic carbocycles. The summed E-state index contributed by atoms with van der Waals surface area (Å²) in [4.78, 5) is 68.4. The summed E-state index contributed by atoms with van der Waals surface area (Å²) in [6, 6.07) is 19.2. The van der Waals surface area contributed by atoms with Gasteiger partial charge in [-0.05, 0) is 65.3 Å². The lowest BCUT2D eigenvalue weighted by atomic mass is 10.00. The van der Waals surface area contributed by atoms with Crippen LogP contribution >= 0.6 is 23.1 Å². The van der Waals surface area contributed by atoms with Gasteiger partial charge in [-0.3, -0.25) is 24.2 Å². The molecule has 3 N–H and O–H groups in total. The number of fused-ring (bicyclic) bond motifs is 1. The Morgan fingerprint density at radius 1 is 0.980 bits per heavy atom. The Hall–Kier alpha value is -5.09. The van der Waals surface area contributed by atoms with Gasteiger partial charge in [0.05, 0.1) is 17.5 Å². The minimum Gasteiger partial charge on any atom is -0.347 e. The standard InChI is InChI=1S/C34H37N9O5S2/c44-25(22-50-34-38-39-40-42(34)24-11-5-2-6-12-24)21-28(23-9-3-1-4-10-23)36-31(46)29-14-7-19-41-30(45)16-15-27(32(47)43(29)41)37-33(48)35-18-17-26-13-8-20-49-26/h1-6,8-13,20,27-29H,7,14-19,21-22H2,(H,36,46)(H2,35,37,48)/t27?,28?,29-/m0/s1. The zero-order valence-corrected chi connectivity index (χ0v) is 28.8. The van der Waals surface area contributed by atoms with E-state index in [2.05, 4.69) is 31.5 Å². The molecule has 4 aromatic rings. The molecule has 0 radical (unpaired) electrons. The van der Waals surface area contributed by atoms with Crippen molar-refractivity contribution in [2.24, 2.45) is 0 Å². The molecule has 2 saturated heterocycles. The fourth-order valence-corrected chi connectivity index (χ4v) is 7.48. The Balaban J connectivity index is 1.12. The van der Waals surface area contributed by atoms with E-state index < -0.39 is 36.0 Å². The molecule has 2 fully saturated rings. The molecule has 14 nitrogen and oxygen atoms in total. The maximum Gasteiger partial charge on any atom is 0.315 e. The minimum atomic E-state index is -1.00. The van der Waals surface area contributed by atoms with E-state index in [1.807, 2.05) is 78.2 Å². The van der Waals surface area contributed by atoms with Crippen molar-refractivity contribution in [3.05, 3.63) is 88.6 Å². The average molecular weight is 716 g/mol. The molecule has 0 bridgehead atoms. The molecule has 0 aliphatic carbocycles. The van der Waals surface area contributed by atoms with Gasteiger partial charge in [-0.1, -0.05) is 66.4 Å². The predicted molar refractivity (Wildman–Crippen MR) is 186 cm³/mol. The van der Waals surface area contributed by atoms with Gasteiger partial charge in [0.2, 0.25) is 17.0 Å². The Morgan fingerprint density at radius 2 is 1.76 bits per heavy atom. The number of thioether (sulfide) groups is 1. The zero-order valence-electron chi connectivity index (χ0n) is 27.1. The summed E-state index contributed by atoms with van der Waals surface area (Å²) < 4.78 is 1.56. The molecule has 50 heavy (non-hydrogen) atoms. The number of hydrazine groups is 1. The highest BCUT2D eigenvalue weighted by Gasteiger charge is 2.45. The van der Waals surface area contributed by atoms with Crippen LogP contribution < -0.4 is 16.0 Å². The number of benzene rings is 2. The third-order valence-electron chi connectivity index (χ3n) is 8.46. The van der Waals surface area contributed by atoms with E-state index in [4.69, 9.17) is 0 Å². The summed E-state index contributed by atoms with van der Waals surface area (Å²) >= 11 is 2.79. The maximum atomic E-state index is 14.0. The quantitative estimate of drug-likeness (QED) is 0.176. The van der Waals surface area contributed by atoms with Crippen molar-refractivity contribution in [1.82, 2.24) is 46.2 Å². The van der Waals surface area contributed by atoms with Gasteiger partial charge in [-0.25, -0.2) is 9.80 Å². The highest BCUT2D eigenvalue weighted by atomic mass is 32.2. The van der Waals surface area contributed by atoms with E-state index in [0.29, 0.717) is 31.0 Å². The number of hydrogen-bond donors (Lipinski definition) is 3. The van der Waals surface area contributed by atoms with Crippen molar-refractivity contribution in [2.45, 2.75) is 61.8 Å². The van der Waals surface area contributed by atoms with Crippen molar-refractivity contribution in [3.63, 3.8) is 0 Å². The highest BCUT2D eigenvalue weighted by Crippen LogP contribution is 2.27. The molecule has 260 valence electrons. The van der Waals surface area contributed by atoms with E-state index >= 15 is 0 Å². The SMILES string of the molecule is O=C(CSc1nnnn1-c1ccccc1)CC(NC(=O)[C@@H]1CCCN2C(=O)CCC(NC(=O)NCCc3cccs3)C(=O)N12)c1ccccc1. The monoisotopic (exact) mass is 715 g/mol. The van der Waals surface area contributed by atoms with Crippen LogP contribution in [0.5, 0.6) is 0 Å². The molecule has 16 heteroatoms. The number of nitrogens with one attached hydrogen (secondary N) is 3. The third-order valence-corrected chi connectivity index (χ3v) is 10.4. The fraction of sp³-hybridized carbons (Fsp3) is 0.353. The number of ketones is 1. The van der Waals surface area contributed by atoms with Crippen LogP contribution in [0, 0.1) is 0 Å². The molecule has 2 aliphatic rings. The van der Waals surface area contributed by atoms with Crippen molar-refractivity contribution in [1.29, 1.82) is 0 Å². The van der Waals surface area contributed by atoms with Gasteiger partial charge in [0.15, 0.2) is 0 Å². The molecule has 0 spiro atoms. The third kappa shape index (κ3) is 8.55. The number of thiophene rings is 1. The predicted octanol–water partition coefficient (Wildman–Crippen LogP) is 3.07. The Kier molecular flexibility index (Phi) is 11.5. The summed E-state index contributed by atoms with van der Waals surface area (Å²) in [5, 5.41) is 25.3. The van der Waals surface area contributed by atoms with Crippen LogP contribution in [0.25, 0.3) is 5.69 Å². The number of tetrazole rings is 1. The molecular weight excluding hydrogens is 679 g/mol. The number of Topliss-reactive ketones (excluding diaryl/α,β-unsaturated/α-hetero) is 1. The molecule has 2 aliphatic heterocycles. The van der Waals surface area contributed by atoms with Crippen LogP contribution in [0.2, 0.25) is 0 Å². The first kappa shape index (κ1) is 34.8. The first-order valence-electron chi connectivity index (χ1n) is 16.4. The fourth-order valence-electron chi connectivity index (χ4n) is 6.01. The number of amides is 5. The summed E-state index contributed by atoms with van der Waals surface area (Å²) in [5.74, 6) is -1.38. The Morgan fingerprint density at radius 3 is 2.52 bits per heavy atom. The number of hydrogen-bond acceptors (Lipinski definition) is 10. The van der Waals surface area contributed by atoms with Crippen molar-refractivity contribution in [3.8, 4) is 5.69 Å². The lowest BCUT2D eigenvalue weighted by molar-refractivity contribution is -0.176. The number of nitrogens with zero attached hydrogens (tertiary/aromatic N) is 6.